The summed E-state index contributed by atoms with van der Waals surface area (Å²) >= 11 is 0. The number of carbonyl (C=O) groups excluding carboxylic acids is 2. The fourth-order valence-electron chi connectivity index (χ4n) is 3.41. The van der Waals surface area contributed by atoms with Gasteiger partial charge in [0, 0.05) is 32.6 Å². The van der Waals surface area contributed by atoms with E-state index >= 15 is 0 Å². The first kappa shape index (κ1) is 16.5. The number of rotatable bonds is 4. The maximum atomic E-state index is 12.3. The Balaban J connectivity index is 1.49. The van der Waals surface area contributed by atoms with Crippen LogP contribution in [0.1, 0.15) is 53.2 Å². The van der Waals surface area contributed by atoms with Crippen molar-refractivity contribution in [2.45, 2.75) is 32.1 Å². The zero-order valence-electron chi connectivity index (χ0n) is 13.6. The van der Waals surface area contributed by atoms with Crippen LogP contribution in [-0.4, -0.2) is 58.9 Å². The average Bonchev–Trinajstić information content (AvgIpc) is 3.26. The minimum atomic E-state index is -1.19. The lowest BCUT2D eigenvalue weighted by Crippen LogP contribution is -2.39. The van der Waals surface area contributed by atoms with Crippen molar-refractivity contribution in [3.05, 3.63) is 23.7 Å². The number of carboxylic acid groups (broad SMARTS) is 1. The number of carbonyl (C=O) groups is 3. The summed E-state index contributed by atoms with van der Waals surface area (Å²) < 4.78 is 5.07. The first-order valence-electron chi connectivity index (χ1n) is 8.45. The van der Waals surface area contributed by atoms with Crippen LogP contribution in [0.15, 0.2) is 16.5 Å². The van der Waals surface area contributed by atoms with Gasteiger partial charge in [-0.3, -0.25) is 9.59 Å². The summed E-state index contributed by atoms with van der Waals surface area (Å²) in [4.78, 5) is 38.9. The van der Waals surface area contributed by atoms with E-state index in [1.54, 1.807) is 4.90 Å². The number of piperidine rings is 1. The largest absolute Gasteiger partial charge is 0.475 e. The second-order valence-corrected chi connectivity index (χ2v) is 6.50. The number of amides is 2. The van der Waals surface area contributed by atoms with E-state index < -0.39 is 5.97 Å². The molecule has 2 aliphatic rings. The molecule has 3 heterocycles. The number of hydrogen-bond donors (Lipinski definition) is 1. The van der Waals surface area contributed by atoms with Gasteiger partial charge in [-0.05, 0) is 43.7 Å². The van der Waals surface area contributed by atoms with Crippen molar-refractivity contribution in [2.24, 2.45) is 5.92 Å². The Kier molecular flexibility index (Phi) is 4.87. The zero-order chi connectivity index (χ0) is 17.1. The monoisotopic (exact) mass is 334 g/mol. The summed E-state index contributed by atoms with van der Waals surface area (Å²) in [6.07, 6.45) is 4.34. The number of nitrogens with zero attached hydrogens (tertiary/aromatic N) is 2. The minimum Gasteiger partial charge on any atom is -0.475 e. The van der Waals surface area contributed by atoms with Gasteiger partial charge in [-0.25, -0.2) is 4.79 Å². The van der Waals surface area contributed by atoms with Gasteiger partial charge in [0.15, 0.2) is 5.76 Å². The van der Waals surface area contributed by atoms with Crippen molar-refractivity contribution < 1.29 is 23.9 Å². The summed E-state index contributed by atoms with van der Waals surface area (Å²) in [5, 5.41) is 8.84. The van der Waals surface area contributed by atoms with Gasteiger partial charge in [-0.15, -0.1) is 0 Å². The Morgan fingerprint density at radius 1 is 1.00 bits per heavy atom. The highest BCUT2D eigenvalue weighted by Crippen LogP contribution is 2.24. The lowest BCUT2D eigenvalue weighted by molar-refractivity contribution is -0.131. The predicted molar refractivity (Wildman–Crippen MR) is 84.7 cm³/mol. The Morgan fingerprint density at radius 3 is 2.21 bits per heavy atom. The molecule has 0 bridgehead atoms. The fourth-order valence-corrected chi connectivity index (χ4v) is 3.41. The van der Waals surface area contributed by atoms with Gasteiger partial charge >= 0.3 is 5.97 Å². The molecule has 0 spiro atoms. The van der Waals surface area contributed by atoms with Gasteiger partial charge < -0.3 is 19.3 Å². The van der Waals surface area contributed by atoms with Crippen LogP contribution in [0.5, 0.6) is 0 Å². The molecule has 2 saturated heterocycles. The van der Waals surface area contributed by atoms with Crippen molar-refractivity contribution in [3.63, 3.8) is 0 Å². The lowest BCUT2D eigenvalue weighted by atomic mass is 9.93. The van der Waals surface area contributed by atoms with Crippen molar-refractivity contribution in [1.29, 1.82) is 0 Å². The van der Waals surface area contributed by atoms with Gasteiger partial charge in [0.2, 0.25) is 11.7 Å². The maximum Gasteiger partial charge on any atom is 0.371 e. The first-order chi connectivity index (χ1) is 11.5. The van der Waals surface area contributed by atoms with Crippen molar-refractivity contribution >= 4 is 17.8 Å². The van der Waals surface area contributed by atoms with Crippen molar-refractivity contribution in [2.75, 3.05) is 26.2 Å². The van der Waals surface area contributed by atoms with Crippen molar-refractivity contribution in [1.82, 2.24) is 9.80 Å². The molecule has 7 heteroatoms. The second kappa shape index (κ2) is 7.07. The molecule has 3 rings (SSSR count). The Hall–Kier alpha value is -2.31. The number of likely N-dealkylation sites (tertiary alicyclic amines) is 2. The fraction of sp³-hybridized carbons (Fsp3) is 0.588. The molecule has 2 fully saturated rings. The highest BCUT2D eigenvalue weighted by Gasteiger charge is 2.28. The molecular formula is C17H22N2O5. The quantitative estimate of drug-likeness (QED) is 0.907. The van der Waals surface area contributed by atoms with E-state index in [4.69, 9.17) is 9.52 Å². The van der Waals surface area contributed by atoms with Crippen LogP contribution in [-0.2, 0) is 4.79 Å². The van der Waals surface area contributed by atoms with E-state index in [9.17, 15) is 14.4 Å². The van der Waals surface area contributed by atoms with Gasteiger partial charge in [0.05, 0.1) is 0 Å². The molecule has 0 unspecified atom stereocenters. The van der Waals surface area contributed by atoms with Crippen LogP contribution in [0.3, 0.4) is 0 Å². The molecule has 1 N–H and O–H groups in total. The molecule has 0 radical (unpaired) electrons. The van der Waals surface area contributed by atoms with E-state index in [2.05, 4.69) is 0 Å². The van der Waals surface area contributed by atoms with E-state index in [1.807, 2.05) is 4.90 Å². The molecule has 130 valence electrons. The number of hydrogen-bond acceptors (Lipinski definition) is 4. The first-order valence-corrected chi connectivity index (χ1v) is 8.45. The van der Waals surface area contributed by atoms with Gasteiger partial charge in [-0.2, -0.15) is 0 Å². The number of aromatic carboxylic acids is 1. The summed E-state index contributed by atoms with van der Waals surface area (Å²) in [7, 11) is 0. The van der Waals surface area contributed by atoms with Gasteiger partial charge in [-0.1, -0.05) is 0 Å². The second-order valence-electron chi connectivity index (χ2n) is 6.50. The Morgan fingerprint density at radius 2 is 1.62 bits per heavy atom. The molecular weight excluding hydrogens is 312 g/mol. The normalized spacial score (nSPS) is 18.8. The molecule has 0 saturated carbocycles. The zero-order valence-corrected chi connectivity index (χ0v) is 13.6. The van der Waals surface area contributed by atoms with Crippen LogP contribution < -0.4 is 0 Å². The van der Waals surface area contributed by atoms with Crippen LogP contribution in [0.2, 0.25) is 0 Å². The number of carboxylic acids is 1. The predicted octanol–water partition coefficient (Wildman–Crippen LogP) is 1.84. The molecule has 2 amide bonds. The lowest BCUT2D eigenvalue weighted by Gasteiger charge is -2.32. The third-order valence-electron chi connectivity index (χ3n) is 4.85. The van der Waals surface area contributed by atoms with Crippen LogP contribution >= 0.6 is 0 Å². The molecule has 0 aromatic carbocycles. The Bertz CT molecular complexity index is 625. The Labute approximate surface area is 140 Å². The highest BCUT2D eigenvalue weighted by atomic mass is 16.4. The van der Waals surface area contributed by atoms with E-state index in [-0.39, 0.29) is 23.3 Å². The third kappa shape index (κ3) is 3.60. The third-order valence-corrected chi connectivity index (χ3v) is 4.85. The SMILES string of the molecule is O=C(O)c1ccc(C(=O)N2CCC(CC(=O)N3CCCC3)CC2)o1. The molecule has 7 nitrogen and oxygen atoms in total. The summed E-state index contributed by atoms with van der Waals surface area (Å²) in [5.74, 6) is -1.11. The standard InChI is InChI=1S/C17H22N2O5/c20-15(18-7-1-2-8-18)11-12-5-9-19(10-6-12)16(21)13-3-4-14(24-13)17(22)23/h3-4,12H,1-2,5-11H2,(H,22,23). The topological polar surface area (TPSA) is 91.1 Å². The summed E-state index contributed by atoms with van der Waals surface area (Å²) in [5.41, 5.74) is 0. The summed E-state index contributed by atoms with van der Waals surface area (Å²) in [6.45, 7) is 2.89. The molecule has 0 atom stereocenters. The van der Waals surface area contributed by atoms with Gasteiger partial charge in [0.25, 0.3) is 5.91 Å². The molecule has 1 aromatic heterocycles. The van der Waals surface area contributed by atoms with E-state index in [0.717, 1.165) is 38.8 Å². The summed E-state index contributed by atoms with van der Waals surface area (Å²) in [6, 6.07) is 2.69. The van der Waals surface area contributed by atoms with E-state index in [1.165, 1.54) is 12.1 Å². The molecule has 24 heavy (non-hydrogen) atoms. The van der Waals surface area contributed by atoms with Crippen LogP contribution in [0, 0.1) is 5.92 Å². The number of furan rings is 1. The maximum absolute atomic E-state index is 12.3. The van der Waals surface area contributed by atoms with E-state index in [0.29, 0.717) is 25.4 Å². The van der Waals surface area contributed by atoms with Crippen LogP contribution in [0.25, 0.3) is 0 Å². The van der Waals surface area contributed by atoms with Gasteiger partial charge in [0.1, 0.15) is 0 Å². The van der Waals surface area contributed by atoms with Crippen molar-refractivity contribution in [3.8, 4) is 0 Å². The average molecular weight is 334 g/mol. The molecule has 2 aliphatic heterocycles. The smallest absolute Gasteiger partial charge is 0.371 e. The highest BCUT2D eigenvalue weighted by molar-refractivity contribution is 5.93. The minimum absolute atomic E-state index is 0.0546. The van der Waals surface area contributed by atoms with Crippen LogP contribution in [0.4, 0.5) is 0 Å². The molecule has 0 aliphatic carbocycles. The molecule has 1 aromatic rings.